The largest absolute Gasteiger partial charge is 0.463 e. The van der Waals surface area contributed by atoms with Gasteiger partial charge in [0.05, 0.1) is 5.60 Å². The zero-order valence-electron chi connectivity index (χ0n) is 13.2. The number of hydrogen-bond donors (Lipinski definition) is 1. The van der Waals surface area contributed by atoms with Gasteiger partial charge >= 0.3 is 5.97 Å². The molecule has 0 radical (unpaired) electrons. The van der Waals surface area contributed by atoms with E-state index in [1.165, 1.54) is 6.92 Å². The molecule has 4 unspecified atom stereocenters. The molecule has 0 aromatic carbocycles. The van der Waals surface area contributed by atoms with Crippen LogP contribution in [0.2, 0.25) is 0 Å². The summed E-state index contributed by atoms with van der Waals surface area (Å²) in [5, 5.41) is 10.6. The quantitative estimate of drug-likeness (QED) is 0.619. The second kappa shape index (κ2) is 6.13. The van der Waals surface area contributed by atoms with Gasteiger partial charge < -0.3 is 9.84 Å². The molecule has 0 heterocycles. The molecule has 0 saturated heterocycles. The van der Waals surface area contributed by atoms with Crippen LogP contribution in [0.15, 0.2) is 24.8 Å². The fourth-order valence-corrected chi connectivity index (χ4v) is 3.27. The maximum atomic E-state index is 10.9. The molecule has 0 aliphatic heterocycles. The highest BCUT2D eigenvalue weighted by Crippen LogP contribution is 2.49. The fourth-order valence-electron chi connectivity index (χ4n) is 3.27. The van der Waals surface area contributed by atoms with Gasteiger partial charge in [-0.05, 0) is 50.4 Å². The summed E-state index contributed by atoms with van der Waals surface area (Å²) in [6.07, 6.45) is 4.74. The molecule has 114 valence electrons. The van der Waals surface area contributed by atoms with E-state index in [1.807, 2.05) is 13.0 Å². The maximum absolute atomic E-state index is 10.9. The first-order valence-corrected chi connectivity index (χ1v) is 7.27. The van der Waals surface area contributed by atoms with Crippen LogP contribution in [0, 0.1) is 17.3 Å². The second-order valence-corrected chi connectivity index (χ2v) is 6.72. The summed E-state index contributed by atoms with van der Waals surface area (Å²) in [5.41, 5.74) is 0.183. The topological polar surface area (TPSA) is 46.5 Å². The lowest BCUT2D eigenvalue weighted by Crippen LogP contribution is -2.46. The maximum Gasteiger partial charge on any atom is 0.302 e. The van der Waals surface area contributed by atoms with Gasteiger partial charge in [0.25, 0.3) is 0 Å². The molecule has 3 nitrogen and oxygen atoms in total. The number of esters is 1. The van der Waals surface area contributed by atoms with Crippen molar-refractivity contribution in [2.45, 2.75) is 52.6 Å². The lowest BCUT2D eigenvalue weighted by Gasteiger charge is -2.47. The van der Waals surface area contributed by atoms with E-state index in [0.29, 0.717) is 5.92 Å². The minimum absolute atomic E-state index is 0.0415. The summed E-state index contributed by atoms with van der Waals surface area (Å²) < 4.78 is 5.00. The van der Waals surface area contributed by atoms with E-state index >= 15 is 0 Å². The lowest BCUT2D eigenvalue weighted by atomic mass is 9.60. The second-order valence-electron chi connectivity index (χ2n) is 6.72. The Morgan fingerprint density at radius 3 is 2.60 bits per heavy atom. The Labute approximate surface area is 122 Å². The van der Waals surface area contributed by atoms with Crippen LogP contribution in [0.4, 0.5) is 0 Å². The number of carbonyl (C=O) groups excluding carboxylic acids is 1. The third kappa shape index (κ3) is 3.72. The third-order valence-corrected chi connectivity index (χ3v) is 4.86. The van der Waals surface area contributed by atoms with Crippen LogP contribution in [-0.4, -0.2) is 23.3 Å². The zero-order chi connectivity index (χ0) is 15.6. The Morgan fingerprint density at radius 2 is 2.15 bits per heavy atom. The van der Waals surface area contributed by atoms with E-state index in [2.05, 4.69) is 20.1 Å². The van der Waals surface area contributed by atoms with Crippen LogP contribution < -0.4 is 0 Å². The van der Waals surface area contributed by atoms with Gasteiger partial charge in [-0.25, -0.2) is 0 Å². The van der Waals surface area contributed by atoms with E-state index in [9.17, 15) is 9.90 Å². The Morgan fingerprint density at radius 1 is 1.55 bits per heavy atom. The summed E-state index contributed by atoms with van der Waals surface area (Å²) in [7, 11) is 0. The minimum Gasteiger partial charge on any atom is -0.463 e. The average molecular weight is 280 g/mol. The van der Waals surface area contributed by atoms with Gasteiger partial charge in [-0.2, -0.15) is 0 Å². The van der Waals surface area contributed by atoms with E-state index in [0.717, 1.165) is 24.8 Å². The molecular formula is C17H28O3. The Bertz CT molecular complexity index is 397. The molecular weight excluding hydrogens is 252 g/mol. The molecule has 0 amide bonds. The number of ether oxygens (including phenoxy) is 1. The molecule has 3 heteroatoms. The normalized spacial score (nSPS) is 33.0. The van der Waals surface area contributed by atoms with Crippen molar-refractivity contribution in [1.29, 1.82) is 0 Å². The number of hydrogen-bond acceptors (Lipinski definition) is 3. The van der Waals surface area contributed by atoms with E-state index in [-0.39, 0.29) is 23.9 Å². The minimum atomic E-state index is -0.984. The van der Waals surface area contributed by atoms with Crippen LogP contribution in [0.5, 0.6) is 0 Å². The average Bonchev–Trinajstić information content (AvgIpc) is 2.36. The standard InChI is InChI=1S/C17H28O3/c1-7-16(5)9-8-14(10-15(16)12(2)3)17(6,19)11-20-13(4)18/h7,14-15,19H,1-2,8-11H2,3-6H3. The van der Waals surface area contributed by atoms with Crippen molar-refractivity contribution in [2.75, 3.05) is 6.61 Å². The highest BCUT2D eigenvalue weighted by atomic mass is 16.5. The van der Waals surface area contributed by atoms with Gasteiger partial charge in [0.1, 0.15) is 6.61 Å². The summed E-state index contributed by atoms with van der Waals surface area (Å²) in [6.45, 7) is 15.5. The van der Waals surface area contributed by atoms with Crippen molar-refractivity contribution in [3.63, 3.8) is 0 Å². The predicted molar refractivity (Wildman–Crippen MR) is 81.2 cm³/mol. The summed E-state index contributed by atoms with van der Waals surface area (Å²) in [4.78, 5) is 10.9. The van der Waals surface area contributed by atoms with Crippen molar-refractivity contribution in [3.05, 3.63) is 24.8 Å². The Kier molecular flexibility index (Phi) is 5.20. The number of allylic oxidation sites excluding steroid dienone is 2. The highest BCUT2D eigenvalue weighted by molar-refractivity contribution is 5.65. The van der Waals surface area contributed by atoms with E-state index < -0.39 is 5.60 Å². The first-order valence-electron chi connectivity index (χ1n) is 7.27. The van der Waals surface area contributed by atoms with Gasteiger partial charge in [-0.3, -0.25) is 4.79 Å². The molecule has 20 heavy (non-hydrogen) atoms. The highest BCUT2D eigenvalue weighted by Gasteiger charge is 2.44. The van der Waals surface area contributed by atoms with Crippen LogP contribution in [-0.2, 0) is 9.53 Å². The van der Waals surface area contributed by atoms with Crippen molar-refractivity contribution >= 4 is 5.97 Å². The van der Waals surface area contributed by atoms with Gasteiger partial charge in [0.2, 0.25) is 0 Å². The molecule has 1 fully saturated rings. The molecule has 1 rings (SSSR count). The van der Waals surface area contributed by atoms with Gasteiger partial charge in [0, 0.05) is 6.92 Å². The molecule has 0 spiro atoms. The van der Waals surface area contributed by atoms with Crippen LogP contribution in [0.3, 0.4) is 0 Å². The van der Waals surface area contributed by atoms with Crippen molar-refractivity contribution in [1.82, 2.24) is 0 Å². The fraction of sp³-hybridized carbons (Fsp3) is 0.706. The summed E-state index contributed by atoms with van der Waals surface area (Å²) in [5.74, 6) is 0.0626. The monoisotopic (exact) mass is 280 g/mol. The van der Waals surface area contributed by atoms with Crippen LogP contribution >= 0.6 is 0 Å². The summed E-state index contributed by atoms with van der Waals surface area (Å²) >= 11 is 0. The van der Waals surface area contributed by atoms with Crippen LogP contribution in [0.1, 0.15) is 47.0 Å². The van der Waals surface area contributed by atoms with Gasteiger partial charge in [-0.1, -0.05) is 25.2 Å². The molecule has 1 aliphatic rings. The lowest BCUT2D eigenvalue weighted by molar-refractivity contribution is -0.153. The Balaban J connectivity index is 2.83. The van der Waals surface area contributed by atoms with E-state index in [1.54, 1.807) is 6.92 Å². The summed E-state index contributed by atoms with van der Waals surface area (Å²) in [6, 6.07) is 0. The molecule has 0 aromatic rings. The molecule has 0 bridgehead atoms. The number of rotatable bonds is 5. The smallest absolute Gasteiger partial charge is 0.302 e. The number of aliphatic hydroxyl groups is 1. The first kappa shape index (κ1) is 17.0. The molecule has 1 aliphatic carbocycles. The number of carbonyl (C=O) groups is 1. The SMILES string of the molecule is C=CC1(C)CCC(C(C)(O)COC(C)=O)CC1C(=C)C. The van der Waals surface area contributed by atoms with Crippen molar-refractivity contribution < 1.29 is 14.6 Å². The predicted octanol–water partition coefficient (Wildman–Crippen LogP) is 3.49. The van der Waals surface area contributed by atoms with Gasteiger partial charge in [0.15, 0.2) is 0 Å². The van der Waals surface area contributed by atoms with Gasteiger partial charge in [-0.15, -0.1) is 6.58 Å². The first-order chi connectivity index (χ1) is 9.12. The van der Waals surface area contributed by atoms with E-state index in [4.69, 9.17) is 4.74 Å². The molecule has 0 aromatic heterocycles. The zero-order valence-corrected chi connectivity index (χ0v) is 13.2. The third-order valence-electron chi connectivity index (χ3n) is 4.86. The van der Waals surface area contributed by atoms with Crippen molar-refractivity contribution in [3.8, 4) is 0 Å². The molecule has 1 N–H and O–H groups in total. The van der Waals surface area contributed by atoms with Crippen molar-refractivity contribution in [2.24, 2.45) is 17.3 Å². The van der Waals surface area contributed by atoms with Crippen LogP contribution in [0.25, 0.3) is 0 Å². The molecule has 4 atom stereocenters. The molecule has 1 saturated carbocycles. The Hall–Kier alpha value is -1.09.